The van der Waals surface area contributed by atoms with Crippen LogP contribution in [0.5, 0.6) is 0 Å². The van der Waals surface area contributed by atoms with Crippen LogP contribution in [0.25, 0.3) is 0 Å². The maximum atomic E-state index is 14.0. The van der Waals surface area contributed by atoms with Gasteiger partial charge in [-0.2, -0.15) is 0 Å². The highest BCUT2D eigenvalue weighted by Crippen LogP contribution is 2.22. The van der Waals surface area contributed by atoms with Crippen LogP contribution in [0.2, 0.25) is 0 Å². The third kappa shape index (κ3) is 15.3. The SMILES string of the molecule is CCCCCCCCCC[C@H]1OC(=O)CNC(=O)[C@H](CCO)NC(=O)[C@H](CN)NC(=O)[C@H]([C@H](C)CC)NC(=O)[C@H](CC(C)C)N(C)C(=O)[C@@H]1C. The van der Waals surface area contributed by atoms with Gasteiger partial charge in [-0.05, 0) is 37.5 Å². The van der Waals surface area contributed by atoms with Crippen molar-refractivity contribution in [3.8, 4) is 0 Å². The topological polar surface area (TPSA) is 209 Å². The van der Waals surface area contributed by atoms with Crippen LogP contribution in [0.3, 0.4) is 0 Å². The van der Waals surface area contributed by atoms with Crippen LogP contribution < -0.4 is 27.0 Å². The van der Waals surface area contributed by atoms with Gasteiger partial charge in [-0.25, -0.2) is 0 Å². The summed E-state index contributed by atoms with van der Waals surface area (Å²) in [5.74, 6) is -4.99. The zero-order chi connectivity index (χ0) is 37.8. The number of carbonyl (C=O) groups is 6. The number of ether oxygens (including phenoxy) is 1. The quantitative estimate of drug-likeness (QED) is 0.102. The highest BCUT2D eigenvalue weighted by molar-refractivity contribution is 5.96. The second-order valence-electron chi connectivity index (χ2n) is 14.1. The van der Waals surface area contributed by atoms with Gasteiger partial charge in [0.25, 0.3) is 0 Å². The summed E-state index contributed by atoms with van der Waals surface area (Å²) >= 11 is 0. The van der Waals surface area contributed by atoms with E-state index in [1.54, 1.807) is 13.8 Å². The molecule has 1 rings (SSSR count). The van der Waals surface area contributed by atoms with E-state index in [1.165, 1.54) is 31.2 Å². The Hall–Kier alpha value is -3.26. The molecule has 5 amide bonds. The number of rotatable bonds is 16. The number of cyclic esters (lactones) is 1. The van der Waals surface area contributed by atoms with Gasteiger partial charge in [0.05, 0.1) is 5.92 Å². The van der Waals surface area contributed by atoms with E-state index >= 15 is 0 Å². The fourth-order valence-corrected chi connectivity index (χ4v) is 6.02. The van der Waals surface area contributed by atoms with E-state index < -0.39 is 84.8 Å². The van der Waals surface area contributed by atoms with Crippen LogP contribution in [0, 0.1) is 17.8 Å². The van der Waals surface area contributed by atoms with E-state index in [2.05, 4.69) is 28.2 Å². The van der Waals surface area contributed by atoms with E-state index in [-0.39, 0.29) is 24.8 Å². The van der Waals surface area contributed by atoms with Gasteiger partial charge in [0.1, 0.15) is 36.8 Å². The summed E-state index contributed by atoms with van der Waals surface area (Å²) in [6.45, 7) is 10.1. The summed E-state index contributed by atoms with van der Waals surface area (Å²) in [4.78, 5) is 82.2. The van der Waals surface area contributed by atoms with Crippen LogP contribution in [0.4, 0.5) is 0 Å². The first-order valence-corrected chi connectivity index (χ1v) is 18.7. The highest BCUT2D eigenvalue weighted by atomic mass is 16.5. The Balaban J connectivity index is 3.49. The van der Waals surface area contributed by atoms with Crippen molar-refractivity contribution in [1.29, 1.82) is 0 Å². The zero-order valence-electron chi connectivity index (χ0n) is 31.6. The predicted octanol–water partition coefficient (Wildman–Crippen LogP) is 1.91. The molecular formula is C36H66N6O8. The van der Waals surface area contributed by atoms with E-state index in [0.717, 1.165) is 25.7 Å². The fraction of sp³-hybridized carbons (Fsp3) is 0.833. The summed E-state index contributed by atoms with van der Waals surface area (Å²) in [7, 11) is 1.54. The smallest absolute Gasteiger partial charge is 0.325 e. The summed E-state index contributed by atoms with van der Waals surface area (Å²) < 4.78 is 5.82. The standard InChI is InChI=1S/C36H66N6O8/c1-8-10-11-12-13-14-15-16-17-29-25(6)36(49)42(7)28(20-23(3)4)34(47)41-31(24(5)9-2)35(48)40-27(21-37)33(46)39-26(18-19-43)32(45)38-22-30(44)50-29/h23-29,31,43H,8-22,37H2,1-7H3,(H,38,45)(H,39,46)(H,40,48)(H,41,47)/t24-,25-,26+,27+,28+,29-,31+/m1/s1. The summed E-state index contributed by atoms with van der Waals surface area (Å²) in [6, 6.07) is -4.49. The zero-order valence-corrected chi connectivity index (χ0v) is 31.6. The number of aliphatic hydroxyl groups is 1. The predicted molar refractivity (Wildman–Crippen MR) is 191 cm³/mol. The fourth-order valence-electron chi connectivity index (χ4n) is 6.02. The number of esters is 1. The molecule has 7 atom stereocenters. The minimum absolute atomic E-state index is 0.0144. The van der Waals surface area contributed by atoms with Crippen LogP contribution in [-0.4, -0.2) is 103 Å². The van der Waals surface area contributed by atoms with E-state index in [0.29, 0.717) is 25.7 Å². The van der Waals surface area contributed by atoms with Gasteiger partial charge >= 0.3 is 5.97 Å². The Kier molecular flexibility index (Phi) is 21.5. The minimum Gasteiger partial charge on any atom is -0.460 e. The Bertz CT molecular complexity index is 1090. The molecular weight excluding hydrogens is 644 g/mol. The maximum absolute atomic E-state index is 14.0. The van der Waals surface area contributed by atoms with Crippen molar-refractivity contribution in [3.63, 3.8) is 0 Å². The second kappa shape index (κ2) is 24.0. The first-order valence-electron chi connectivity index (χ1n) is 18.7. The van der Waals surface area contributed by atoms with Crippen LogP contribution in [-0.2, 0) is 33.5 Å². The van der Waals surface area contributed by atoms with Gasteiger partial charge in [0.2, 0.25) is 29.5 Å². The molecule has 0 spiro atoms. The van der Waals surface area contributed by atoms with E-state index in [9.17, 15) is 33.9 Å². The van der Waals surface area contributed by atoms with Gasteiger partial charge < -0.3 is 41.7 Å². The van der Waals surface area contributed by atoms with Gasteiger partial charge in [0, 0.05) is 20.2 Å². The number of nitrogens with one attached hydrogen (secondary N) is 4. The van der Waals surface area contributed by atoms with Gasteiger partial charge in [0.15, 0.2) is 0 Å². The molecule has 7 N–H and O–H groups in total. The third-order valence-electron chi connectivity index (χ3n) is 9.50. The lowest BCUT2D eigenvalue weighted by atomic mass is 9.94. The van der Waals surface area contributed by atoms with Crippen molar-refractivity contribution in [2.45, 2.75) is 149 Å². The van der Waals surface area contributed by atoms with Crippen LogP contribution >= 0.6 is 0 Å². The Labute approximate surface area is 299 Å². The second-order valence-corrected chi connectivity index (χ2v) is 14.1. The molecule has 0 aliphatic carbocycles. The van der Waals surface area contributed by atoms with Gasteiger partial charge in [-0.15, -0.1) is 0 Å². The van der Waals surface area contributed by atoms with E-state index in [4.69, 9.17) is 10.5 Å². The minimum atomic E-state index is -1.26. The summed E-state index contributed by atoms with van der Waals surface area (Å²) in [5, 5.41) is 20.0. The number of nitrogens with two attached hydrogens (primary N) is 1. The Morgan fingerprint density at radius 3 is 1.98 bits per heavy atom. The normalized spacial score (nSPS) is 25.8. The van der Waals surface area contributed by atoms with Crippen molar-refractivity contribution in [2.75, 3.05) is 26.7 Å². The van der Waals surface area contributed by atoms with Crippen molar-refractivity contribution < 1.29 is 38.6 Å². The largest absolute Gasteiger partial charge is 0.460 e. The lowest BCUT2D eigenvalue weighted by Crippen LogP contribution is -2.61. The molecule has 0 aromatic heterocycles. The summed E-state index contributed by atoms with van der Waals surface area (Å²) in [5.41, 5.74) is 5.84. The molecule has 288 valence electrons. The number of aliphatic hydroxyl groups excluding tert-OH is 1. The Morgan fingerprint density at radius 1 is 0.820 bits per heavy atom. The van der Waals surface area contributed by atoms with Crippen molar-refractivity contribution in [1.82, 2.24) is 26.2 Å². The van der Waals surface area contributed by atoms with E-state index in [1.807, 2.05) is 20.8 Å². The average Bonchev–Trinajstić information content (AvgIpc) is 3.08. The van der Waals surface area contributed by atoms with Crippen molar-refractivity contribution in [2.24, 2.45) is 23.5 Å². The number of amides is 5. The number of nitrogens with zero attached hydrogens (tertiary/aromatic N) is 1. The first-order chi connectivity index (χ1) is 23.7. The molecule has 1 aliphatic rings. The lowest BCUT2D eigenvalue weighted by Gasteiger charge is -2.34. The number of carbonyl (C=O) groups excluding carboxylic acids is 6. The summed E-state index contributed by atoms with van der Waals surface area (Å²) in [6.07, 6.45) is 8.74. The molecule has 1 heterocycles. The number of hydrogen-bond donors (Lipinski definition) is 6. The van der Waals surface area contributed by atoms with Crippen molar-refractivity contribution in [3.05, 3.63) is 0 Å². The molecule has 1 aliphatic heterocycles. The first kappa shape index (κ1) is 44.8. The number of hydrogen-bond acceptors (Lipinski definition) is 9. The molecule has 50 heavy (non-hydrogen) atoms. The monoisotopic (exact) mass is 710 g/mol. The molecule has 14 nitrogen and oxygen atoms in total. The van der Waals surface area contributed by atoms with Gasteiger partial charge in [-0.1, -0.05) is 92.9 Å². The molecule has 0 aromatic rings. The number of unbranched alkanes of at least 4 members (excludes halogenated alkanes) is 7. The molecule has 0 bridgehead atoms. The van der Waals surface area contributed by atoms with Crippen LogP contribution in [0.1, 0.15) is 119 Å². The molecule has 0 radical (unpaired) electrons. The molecule has 0 saturated carbocycles. The molecule has 14 heteroatoms. The molecule has 0 unspecified atom stereocenters. The highest BCUT2D eigenvalue weighted by Gasteiger charge is 2.38. The Morgan fingerprint density at radius 2 is 1.42 bits per heavy atom. The molecule has 0 aromatic carbocycles. The van der Waals surface area contributed by atoms with Crippen molar-refractivity contribution >= 4 is 35.5 Å². The van der Waals surface area contributed by atoms with Gasteiger partial charge in [-0.3, -0.25) is 28.8 Å². The average molecular weight is 711 g/mol. The maximum Gasteiger partial charge on any atom is 0.325 e. The van der Waals surface area contributed by atoms with Crippen LogP contribution in [0.15, 0.2) is 0 Å². The third-order valence-corrected chi connectivity index (χ3v) is 9.50. The molecule has 1 saturated heterocycles. The lowest BCUT2D eigenvalue weighted by molar-refractivity contribution is -0.157. The number of likely N-dealkylation sites (N-methyl/N-ethyl adjacent to an activating group) is 1. The molecule has 1 fully saturated rings.